The Hall–Kier alpha value is -2.04. The summed E-state index contributed by atoms with van der Waals surface area (Å²) in [5, 5.41) is 8.90. The largest absolute Gasteiger partial charge is 0.481 e. The molecule has 96 valence electrons. The van der Waals surface area contributed by atoms with Crippen LogP contribution in [0.5, 0.6) is 0 Å². The number of benzene rings is 1. The summed E-state index contributed by atoms with van der Waals surface area (Å²) in [4.78, 5) is 24.4. The van der Waals surface area contributed by atoms with E-state index in [4.69, 9.17) is 9.84 Å². The molecule has 1 heterocycles. The van der Waals surface area contributed by atoms with Crippen molar-refractivity contribution >= 4 is 17.6 Å². The summed E-state index contributed by atoms with van der Waals surface area (Å²) in [5.41, 5.74) is 2.06. The second-order valence-electron chi connectivity index (χ2n) is 4.21. The Morgan fingerprint density at radius 2 is 2.17 bits per heavy atom. The molecule has 1 atom stereocenters. The maximum atomic E-state index is 11.7. The lowest BCUT2D eigenvalue weighted by atomic mass is 10.1. The van der Waals surface area contributed by atoms with Crippen LogP contribution in [0, 0.1) is 0 Å². The SMILES string of the molecule is COC(=O)C(CC(=O)O)N1CCc2ccccc21. The minimum atomic E-state index is -1.00. The molecule has 2 rings (SSSR count). The van der Waals surface area contributed by atoms with Crippen molar-refractivity contribution in [3.8, 4) is 0 Å². The average molecular weight is 249 g/mol. The van der Waals surface area contributed by atoms with E-state index in [9.17, 15) is 9.59 Å². The van der Waals surface area contributed by atoms with Gasteiger partial charge in [0.2, 0.25) is 0 Å². The van der Waals surface area contributed by atoms with Gasteiger partial charge in [-0.3, -0.25) is 4.79 Å². The van der Waals surface area contributed by atoms with E-state index < -0.39 is 18.0 Å². The molecular weight excluding hydrogens is 234 g/mol. The fourth-order valence-corrected chi connectivity index (χ4v) is 2.31. The van der Waals surface area contributed by atoms with Crippen LogP contribution in [0.1, 0.15) is 12.0 Å². The van der Waals surface area contributed by atoms with Crippen molar-refractivity contribution in [1.29, 1.82) is 0 Å². The van der Waals surface area contributed by atoms with E-state index in [1.54, 1.807) is 0 Å². The standard InChI is InChI=1S/C13H15NO4/c1-18-13(17)11(8-12(15)16)14-7-6-9-4-2-3-5-10(9)14/h2-5,11H,6-8H2,1H3,(H,15,16). The molecule has 0 fully saturated rings. The highest BCUT2D eigenvalue weighted by Crippen LogP contribution is 2.30. The minimum absolute atomic E-state index is 0.249. The quantitative estimate of drug-likeness (QED) is 0.808. The molecule has 18 heavy (non-hydrogen) atoms. The molecular formula is C13H15NO4. The molecule has 1 unspecified atom stereocenters. The third-order valence-corrected chi connectivity index (χ3v) is 3.14. The summed E-state index contributed by atoms with van der Waals surface area (Å²) in [6.45, 7) is 0.645. The number of methoxy groups -OCH3 is 1. The van der Waals surface area contributed by atoms with Crippen molar-refractivity contribution in [2.24, 2.45) is 0 Å². The normalized spacial score (nSPS) is 15.1. The van der Waals surface area contributed by atoms with Gasteiger partial charge < -0.3 is 14.7 Å². The molecule has 0 aromatic heterocycles. The summed E-state index contributed by atoms with van der Waals surface area (Å²) < 4.78 is 4.70. The molecule has 5 nitrogen and oxygen atoms in total. The number of nitrogens with zero attached hydrogens (tertiary/aromatic N) is 1. The van der Waals surface area contributed by atoms with Gasteiger partial charge in [-0.25, -0.2) is 4.79 Å². The topological polar surface area (TPSA) is 66.8 Å². The number of ether oxygens (including phenoxy) is 1. The van der Waals surface area contributed by atoms with E-state index >= 15 is 0 Å². The van der Waals surface area contributed by atoms with Crippen molar-refractivity contribution < 1.29 is 19.4 Å². The van der Waals surface area contributed by atoms with Crippen LogP contribution in [-0.2, 0) is 20.7 Å². The predicted molar refractivity (Wildman–Crippen MR) is 65.5 cm³/mol. The molecule has 1 aliphatic rings. The van der Waals surface area contributed by atoms with Crippen molar-refractivity contribution in [1.82, 2.24) is 0 Å². The smallest absolute Gasteiger partial charge is 0.329 e. The molecule has 0 saturated carbocycles. The maximum absolute atomic E-state index is 11.7. The van der Waals surface area contributed by atoms with Crippen molar-refractivity contribution in [3.63, 3.8) is 0 Å². The number of esters is 1. The van der Waals surface area contributed by atoms with Gasteiger partial charge in [0.1, 0.15) is 6.04 Å². The average Bonchev–Trinajstić information content (AvgIpc) is 2.78. The van der Waals surface area contributed by atoms with Crippen molar-refractivity contribution in [2.75, 3.05) is 18.6 Å². The molecule has 0 saturated heterocycles. The first-order valence-electron chi connectivity index (χ1n) is 5.77. The predicted octanol–water partition coefficient (Wildman–Crippen LogP) is 1.07. The minimum Gasteiger partial charge on any atom is -0.481 e. The van der Waals surface area contributed by atoms with E-state index in [1.807, 2.05) is 29.2 Å². The second-order valence-corrected chi connectivity index (χ2v) is 4.21. The maximum Gasteiger partial charge on any atom is 0.329 e. The number of hydrogen-bond acceptors (Lipinski definition) is 4. The van der Waals surface area contributed by atoms with Gasteiger partial charge in [-0.05, 0) is 18.1 Å². The number of fused-ring (bicyclic) bond motifs is 1. The monoisotopic (exact) mass is 249 g/mol. The van der Waals surface area contributed by atoms with E-state index in [0.717, 1.165) is 17.7 Å². The van der Waals surface area contributed by atoms with Gasteiger partial charge in [-0.1, -0.05) is 18.2 Å². The molecule has 1 aromatic rings. The van der Waals surface area contributed by atoms with Crippen LogP contribution in [0.25, 0.3) is 0 Å². The van der Waals surface area contributed by atoms with Gasteiger partial charge in [-0.15, -0.1) is 0 Å². The van der Waals surface area contributed by atoms with E-state index in [-0.39, 0.29) is 6.42 Å². The van der Waals surface area contributed by atoms with Gasteiger partial charge in [0.15, 0.2) is 0 Å². The molecule has 0 radical (unpaired) electrons. The Morgan fingerprint density at radius 3 is 2.83 bits per heavy atom. The molecule has 0 spiro atoms. The van der Waals surface area contributed by atoms with Gasteiger partial charge in [0.25, 0.3) is 0 Å². The number of para-hydroxylation sites is 1. The fourth-order valence-electron chi connectivity index (χ4n) is 2.31. The summed E-state index contributed by atoms with van der Waals surface area (Å²) in [7, 11) is 1.28. The summed E-state index contributed by atoms with van der Waals surface area (Å²) in [6.07, 6.45) is 0.574. The number of anilines is 1. The lowest BCUT2D eigenvalue weighted by Crippen LogP contribution is -2.42. The third-order valence-electron chi connectivity index (χ3n) is 3.14. The Morgan fingerprint density at radius 1 is 1.44 bits per heavy atom. The zero-order valence-electron chi connectivity index (χ0n) is 10.1. The first-order valence-corrected chi connectivity index (χ1v) is 5.77. The first kappa shape index (κ1) is 12.4. The summed E-state index contributed by atoms with van der Waals surface area (Å²) in [6, 6.07) is 6.96. The Kier molecular flexibility index (Phi) is 3.50. The van der Waals surface area contributed by atoms with Crippen LogP contribution in [0.15, 0.2) is 24.3 Å². The number of hydrogen-bond donors (Lipinski definition) is 1. The molecule has 5 heteroatoms. The molecule has 0 amide bonds. The number of carboxylic acid groups (broad SMARTS) is 1. The Labute approximate surface area is 105 Å². The highest BCUT2D eigenvalue weighted by atomic mass is 16.5. The van der Waals surface area contributed by atoms with Gasteiger partial charge in [0.05, 0.1) is 13.5 Å². The van der Waals surface area contributed by atoms with Crippen LogP contribution in [-0.4, -0.2) is 36.7 Å². The van der Waals surface area contributed by atoms with Crippen LogP contribution in [0.2, 0.25) is 0 Å². The number of carbonyl (C=O) groups excluding carboxylic acids is 1. The lowest BCUT2D eigenvalue weighted by Gasteiger charge is -2.27. The van der Waals surface area contributed by atoms with Crippen LogP contribution in [0.3, 0.4) is 0 Å². The van der Waals surface area contributed by atoms with Gasteiger partial charge >= 0.3 is 11.9 Å². The highest BCUT2D eigenvalue weighted by molar-refractivity contribution is 5.86. The molecule has 0 aliphatic carbocycles. The van der Waals surface area contributed by atoms with E-state index in [0.29, 0.717) is 6.54 Å². The summed E-state index contributed by atoms with van der Waals surface area (Å²) in [5.74, 6) is -1.51. The molecule has 1 aromatic carbocycles. The molecule has 1 N–H and O–H groups in total. The first-order chi connectivity index (χ1) is 8.63. The second kappa shape index (κ2) is 5.08. The van der Waals surface area contributed by atoms with Crippen molar-refractivity contribution in [2.45, 2.75) is 18.9 Å². The zero-order valence-corrected chi connectivity index (χ0v) is 10.1. The van der Waals surface area contributed by atoms with Gasteiger partial charge in [0, 0.05) is 12.2 Å². The van der Waals surface area contributed by atoms with E-state index in [2.05, 4.69) is 0 Å². The van der Waals surface area contributed by atoms with Crippen LogP contribution in [0.4, 0.5) is 5.69 Å². The fraction of sp³-hybridized carbons (Fsp3) is 0.385. The number of carbonyl (C=O) groups is 2. The van der Waals surface area contributed by atoms with Crippen LogP contribution >= 0.6 is 0 Å². The van der Waals surface area contributed by atoms with Crippen LogP contribution < -0.4 is 4.90 Å². The highest BCUT2D eigenvalue weighted by Gasteiger charge is 2.33. The third kappa shape index (κ3) is 2.30. The van der Waals surface area contributed by atoms with E-state index in [1.165, 1.54) is 7.11 Å². The van der Waals surface area contributed by atoms with Crippen molar-refractivity contribution in [3.05, 3.63) is 29.8 Å². The molecule has 0 bridgehead atoms. The summed E-state index contributed by atoms with van der Waals surface area (Å²) >= 11 is 0. The lowest BCUT2D eigenvalue weighted by molar-refractivity contribution is -0.147. The van der Waals surface area contributed by atoms with Gasteiger partial charge in [-0.2, -0.15) is 0 Å². The number of carboxylic acids is 1. The number of aliphatic carboxylic acids is 1. The Balaban J connectivity index is 2.27. The molecule has 1 aliphatic heterocycles. The Bertz CT molecular complexity index is 472. The number of rotatable bonds is 4. The zero-order chi connectivity index (χ0) is 13.1.